The van der Waals surface area contributed by atoms with E-state index in [1.54, 1.807) is 11.8 Å². The first-order chi connectivity index (χ1) is 12.1. The maximum Gasteiger partial charge on any atom is 0.254 e. The Morgan fingerprint density at radius 2 is 1.76 bits per heavy atom. The summed E-state index contributed by atoms with van der Waals surface area (Å²) in [5, 5.41) is 4.99. The molecule has 0 fully saturated rings. The molecule has 0 aromatic heterocycles. The molecule has 0 unspecified atom stereocenters. The van der Waals surface area contributed by atoms with Crippen LogP contribution in [0.1, 0.15) is 16.8 Å². The maximum absolute atomic E-state index is 13.4. The van der Waals surface area contributed by atoms with Gasteiger partial charge in [0.15, 0.2) is 0 Å². The van der Waals surface area contributed by atoms with E-state index in [1.165, 1.54) is 4.90 Å². The molecule has 2 amide bonds. The van der Waals surface area contributed by atoms with Crippen LogP contribution in [0.5, 0.6) is 0 Å². The fraction of sp³-hybridized carbons (Fsp3) is 0.222. The lowest BCUT2D eigenvalue weighted by molar-refractivity contribution is -0.120. The van der Waals surface area contributed by atoms with Gasteiger partial charge in [0.2, 0.25) is 5.91 Å². The van der Waals surface area contributed by atoms with Crippen LogP contribution in [0.15, 0.2) is 53.4 Å². The first-order valence-corrected chi connectivity index (χ1v) is 8.72. The van der Waals surface area contributed by atoms with E-state index >= 15 is 0 Å². The number of carbonyl (C=O) groups excluding carboxylic acids is 2. The van der Waals surface area contributed by atoms with Crippen LogP contribution in [0.2, 0.25) is 0 Å². The first kappa shape index (κ1) is 18.9. The summed E-state index contributed by atoms with van der Waals surface area (Å²) in [6.07, 6.45) is 0.784. The highest BCUT2D eigenvalue weighted by Gasteiger charge is 2.13. The first-order valence-electron chi connectivity index (χ1n) is 7.74. The van der Waals surface area contributed by atoms with E-state index in [-0.39, 0.29) is 18.0 Å². The number of amides is 2. The highest BCUT2D eigenvalue weighted by Crippen LogP contribution is 2.17. The minimum absolute atomic E-state index is 0.262. The van der Waals surface area contributed by atoms with E-state index in [9.17, 15) is 18.4 Å². The molecule has 2 rings (SSSR count). The summed E-state index contributed by atoms with van der Waals surface area (Å²) in [5.74, 6) is -1.99. The molecule has 0 aliphatic carbocycles. The summed E-state index contributed by atoms with van der Waals surface area (Å²) in [6, 6.07) is 12.6. The largest absolute Gasteiger partial charge is 0.355 e. The van der Waals surface area contributed by atoms with Crippen LogP contribution in [-0.4, -0.2) is 30.7 Å². The normalized spacial score (nSPS) is 10.3. The summed E-state index contributed by atoms with van der Waals surface area (Å²) < 4.78 is 26.2. The van der Waals surface area contributed by atoms with Crippen LogP contribution in [0.4, 0.5) is 8.78 Å². The lowest BCUT2D eigenvalue weighted by Crippen LogP contribution is -2.37. The Bertz CT molecular complexity index is 726. The van der Waals surface area contributed by atoms with E-state index in [0.29, 0.717) is 12.6 Å². The average Bonchev–Trinajstić information content (AvgIpc) is 2.60. The Labute approximate surface area is 149 Å². The fourth-order valence-electron chi connectivity index (χ4n) is 2.00. The van der Waals surface area contributed by atoms with Gasteiger partial charge >= 0.3 is 0 Å². The van der Waals surface area contributed by atoms with Gasteiger partial charge in [0.05, 0.1) is 12.1 Å². The van der Waals surface area contributed by atoms with Crippen molar-refractivity contribution in [3.05, 3.63) is 65.7 Å². The Balaban J connectivity index is 1.62. The van der Waals surface area contributed by atoms with Crippen molar-refractivity contribution in [3.8, 4) is 0 Å². The van der Waals surface area contributed by atoms with Crippen molar-refractivity contribution in [3.63, 3.8) is 0 Å². The third-order valence-corrected chi connectivity index (χ3v) is 4.34. The van der Waals surface area contributed by atoms with E-state index in [0.717, 1.165) is 24.3 Å². The van der Waals surface area contributed by atoms with E-state index in [4.69, 9.17) is 0 Å². The number of hydrogen-bond donors (Lipinski definition) is 2. The number of halogens is 2. The molecule has 0 spiro atoms. The van der Waals surface area contributed by atoms with Gasteiger partial charge in [-0.1, -0.05) is 18.2 Å². The van der Waals surface area contributed by atoms with Crippen molar-refractivity contribution < 1.29 is 18.4 Å². The molecule has 0 saturated heterocycles. The van der Waals surface area contributed by atoms with Gasteiger partial charge in [-0.25, -0.2) is 8.78 Å². The summed E-state index contributed by atoms with van der Waals surface area (Å²) in [6.45, 7) is 0.223. The van der Waals surface area contributed by atoms with Gasteiger partial charge in [0.25, 0.3) is 5.91 Å². The number of nitrogens with one attached hydrogen (secondary N) is 2. The van der Waals surface area contributed by atoms with Crippen LogP contribution in [0.25, 0.3) is 0 Å². The van der Waals surface area contributed by atoms with Gasteiger partial charge in [-0.2, -0.15) is 0 Å². The fourth-order valence-corrected chi connectivity index (χ4v) is 2.87. The highest BCUT2D eigenvalue weighted by molar-refractivity contribution is 7.99. The van der Waals surface area contributed by atoms with Gasteiger partial charge in [0, 0.05) is 17.5 Å². The topological polar surface area (TPSA) is 58.2 Å². The van der Waals surface area contributed by atoms with Gasteiger partial charge in [-0.15, -0.1) is 11.8 Å². The van der Waals surface area contributed by atoms with Gasteiger partial charge in [0.1, 0.15) is 11.6 Å². The molecule has 0 saturated carbocycles. The lowest BCUT2D eigenvalue weighted by Gasteiger charge is -2.07. The zero-order valence-corrected chi connectivity index (χ0v) is 14.2. The minimum Gasteiger partial charge on any atom is -0.355 e. The molecule has 0 atom stereocenters. The number of carbonyl (C=O) groups is 2. The van der Waals surface area contributed by atoms with Crippen molar-refractivity contribution in [2.24, 2.45) is 0 Å². The smallest absolute Gasteiger partial charge is 0.254 e. The number of thioether (sulfide) groups is 1. The predicted octanol–water partition coefficient (Wildman–Crippen LogP) is 2.99. The Hall–Kier alpha value is -2.41. The number of benzene rings is 2. The molecular formula is C18H18F2N2O2S. The number of rotatable bonds is 8. The maximum atomic E-state index is 13.4. The van der Waals surface area contributed by atoms with Crippen LogP contribution < -0.4 is 10.6 Å². The van der Waals surface area contributed by atoms with Crippen LogP contribution in [-0.2, 0) is 4.79 Å². The summed E-state index contributed by atoms with van der Waals surface area (Å²) in [7, 11) is 0. The third kappa shape index (κ3) is 6.54. The second kappa shape index (κ2) is 9.78. The van der Waals surface area contributed by atoms with Gasteiger partial charge < -0.3 is 10.6 Å². The second-order valence-electron chi connectivity index (χ2n) is 5.17. The Morgan fingerprint density at radius 3 is 2.48 bits per heavy atom. The van der Waals surface area contributed by atoms with E-state index < -0.39 is 17.5 Å². The third-order valence-electron chi connectivity index (χ3n) is 3.24. The average molecular weight is 364 g/mol. The SMILES string of the molecule is O=C(CNC(=O)c1ccc(F)cc1F)NCCCSc1ccccc1. The number of hydrogen-bond acceptors (Lipinski definition) is 3. The minimum atomic E-state index is -0.962. The molecule has 0 aliphatic heterocycles. The molecule has 2 aromatic rings. The Kier molecular flexibility index (Phi) is 7.40. The summed E-state index contributed by atoms with van der Waals surface area (Å²) in [4.78, 5) is 24.6. The molecule has 2 aromatic carbocycles. The molecule has 0 bridgehead atoms. The zero-order valence-electron chi connectivity index (χ0n) is 13.4. The standard InChI is InChI=1S/C18H18F2N2O2S/c19-13-7-8-15(16(20)11-13)18(24)22-12-17(23)21-9-4-10-25-14-5-2-1-3-6-14/h1-3,5-8,11H,4,9-10,12H2,(H,21,23)(H,22,24). The summed E-state index contributed by atoms with van der Waals surface area (Å²) >= 11 is 1.70. The molecular weight excluding hydrogens is 346 g/mol. The monoisotopic (exact) mass is 364 g/mol. The van der Waals surface area contributed by atoms with Crippen molar-refractivity contribution in [1.82, 2.24) is 10.6 Å². The molecule has 7 heteroatoms. The van der Waals surface area contributed by atoms with E-state index in [2.05, 4.69) is 10.6 Å². The molecule has 4 nitrogen and oxygen atoms in total. The van der Waals surface area contributed by atoms with Crippen molar-refractivity contribution in [1.29, 1.82) is 0 Å². The zero-order chi connectivity index (χ0) is 18.1. The van der Waals surface area contributed by atoms with Crippen LogP contribution >= 0.6 is 11.8 Å². The molecule has 2 N–H and O–H groups in total. The lowest BCUT2D eigenvalue weighted by atomic mass is 10.2. The molecule has 0 radical (unpaired) electrons. The van der Waals surface area contributed by atoms with Gasteiger partial charge in [-0.3, -0.25) is 9.59 Å². The predicted molar refractivity (Wildman–Crippen MR) is 93.5 cm³/mol. The molecule has 25 heavy (non-hydrogen) atoms. The van der Waals surface area contributed by atoms with E-state index in [1.807, 2.05) is 30.3 Å². The second-order valence-corrected chi connectivity index (χ2v) is 6.34. The Morgan fingerprint density at radius 1 is 1.00 bits per heavy atom. The van der Waals surface area contributed by atoms with Crippen molar-refractivity contribution >= 4 is 23.6 Å². The van der Waals surface area contributed by atoms with Crippen LogP contribution in [0, 0.1) is 11.6 Å². The quantitative estimate of drug-likeness (QED) is 0.559. The van der Waals surface area contributed by atoms with Crippen molar-refractivity contribution in [2.45, 2.75) is 11.3 Å². The highest BCUT2D eigenvalue weighted by atomic mass is 32.2. The molecule has 132 valence electrons. The van der Waals surface area contributed by atoms with Gasteiger partial charge in [-0.05, 0) is 36.4 Å². The van der Waals surface area contributed by atoms with Crippen LogP contribution in [0.3, 0.4) is 0 Å². The summed E-state index contributed by atoms with van der Waals surface area (Å²) in [5.41, 5.74) is -0.298. The van der Waals surface area contributed by atoms with Crippen molar-refractivity contribution in [2.75, 3.05) is 18.8 Å². The molecule has 0 heterocycles. The molecule has 0 aliphatic rings.